The molecule has 2 heterocycles. The van der Waals surface area contributed by atoms with Crippen LogP contribution in [-0.4, -0.2) is 17.6 Å². The minimum Gasteiger partial charge on any atom is -0.328 e. The molecule has 1 aromatic heterocycles. The minimum absolute atomic E-state index is 0.179. The molecule has 1 atom stereocenters. The number of benzene rings is 1. The molecule has 3 rings (SSSR count). The third-order valence-corrected chi connectivity index (χ3v) is 3.75. The van der Waals surface area contributed by atoms with E-state index in [9.17, 15) is 0 Å². The Morgan fingerprint density at radius 1 is 1.25 bits per heavy atom. The number of para-hydroxylation sites is 1. The van der Waals surface area contributed by atoms with Crippen LogP contribution >= 0.6 is 0 Å². The fourth-order valence-electron chi connectivity index (χ4n) is 2.84. The summed E-state index contributed by atoms with van der Waals surface area (Å²) in [5.41, 5.74) is 9.75. The zero-order valence-electron chi connectivity index (χ0n) is 11.9. The van der Waals surface area contributed by atoms with Crippen LogP contribution in [0, 0.1) is 0 Å². The summed E-state index contributed by atoms with van der Waals surface area (Å²) in [4.78, 5) is 6.94. The molecule has 104 valence electrons. The molecule has 3 nitrogen and oxygen atoms in total. The summed E-state index contributed by atoms with van der Waals surface area (Å²) in [6.45, 7) is 3.06. The van der Waals surface area contributed by atoms with E-state index in [-0.39, 0.29) is 6.04 Å². The summed E-state index contributed by atoms with van der Waals surface area (Å²) >= 11 is 0. The Labute approximate surface area is 120 Å². The van der Waals surface area contributed by atoms with Gasteiger partial charge in [0.1, 0.15) is 5.82 Å². The Morgan fingerprint density at radius 2 is 2.10 bits per heavy atom. The van der Waals surface area contributed by atoms with E-state index in [4.69, 9.17) is 5.73 Å². The number of fused-ring (bicyclic) bond motifs is 1. The molecule has 2 N–H and O–H groups in total. The summed E-state index contributed by atoms with van der Waals surface area (Å²) in [5, 5.41) is 0. The highest BCUT2D eigenvalue weighted by Gasteiger charge is 2.18. The summed E-state index contributed by atoms with van der Waals surface area (Å²) < 4.78 is 0. The second-order valence-corrected chi connectivity index (χ2v) is 5.59. The maximum atomic E-state index is 5.83. The van der Waals surface area contributed by atoms with Crippen LogP contribution in [0.4, 0.5) is 11.5 Å². The number of hydrogen-bond donors (Lipinski definition) is 1. The third-order valence-electron chi connectivity index (χ3n) is 3.75. The van der Waals surface area contributed by atoms with Crippen LogP contribution in [0.1, 0.15) is 24.5 Å². The molecular weight excluding hydrogens is 246 g/mol. The van der Waals surface area contributed by atoms with Crippen molar-refractivity contribution in [2.45, 2.75) is 32.2 Å². The average molecular weight is 267 g/mol. The van der Waals surface area contributed by atoms with Gasteiger partial charge in [0.05, 0.1) is 0 Å². The van der Waals surface area contributed by atoms with E-state index in [0.29, 0.717) is 0 Å². The first-order chi connectivity index (χ1) is 9.74. The zero-order chi connectivity index (χ0) is 13.9. The Balaban J connectivity index is 1.87. The van der Waals surface area contributed by atoms with E-state index in [1.165, 1.54) is 23.2 Å². The Morgan fingerprint density at radius 3 is 2.85 bits per heavy atom. The molecule has 0 spiro atoms. The maximum absolute atomic E-state index is 5.83. The monoisotopic (exact) mass is 267 g/mol. The lowest BCUT2D eigenvalue weighted by Crippen LogP contribution is -2.25. The first-order valence-electron chi connectivity index (χ1n) is 7.30. The number of hydrogen-bond acceptors (Lipinski definition) is 3. The van der Waals surface area contributed by atoms with Gasteiger partial charge in [-0.25, -0.2) is 4.98 Å². The normalized spacial score (nSPS) is 15.8. The summed E-state index contributed by atoms with van der Waals surface area (Å²) in [6, 6.07) is 13.0. The van der Waals surface area contributed by atoms with Crippen LogP contribution in [0.2, 0.25) is 0 Å². The standard InChI is InChI=1S/C17H21N3/c1-13(18)11-14-8-9-17(19-12-14)20-10-4-6-15-5-2-3-7-16(15)20/h2-3,5,7-9,12-13H,4,6,10-11,18H2,1H3. The van der Waals surface area contributed by atoms with E-state index in [1.54, 1.807) is 0 Å². The molecule has 1 aromatic carbocycles. The molecule has 0 fully saturated rings. The van der Waals surface area contributed by atoms with E-state index < -0.39 is 0 Å². The van der Waals surface area contributed by atoms with Crippen molar-refractivity contribution in [3.8, 4) is 0 Å². The zero-order valence-corrected chi connectivity index (χ0v) is 11.9. The molecule has 0 bridgehead atoms. The number of nitrogens with zero attached hydrogens (tertiary/aromatic N) is 2. The number of pyridine rings is 1. The van der Waals surface area contributed by atoms with Crippen molar-refractivity contribution in [2.75, 3.05) is 11.4 Å². The van der Waals surface area contributed by atoms with Gasteiger partial charge in [-0.15, -0.1) is 0 Å². The van der Waals surface area contributed by atoms with Crippen molar-refractivity contribution < 1.29 is 0 Å². The molecule has 0 saturated carbocycles. The Hall–Kier alpha value is -1.87. The largest absolute Gasteiger partial charge is 0.328 e. The van der Waals surface area contributed by atoms with Crippen LogP contribution in [0.5, 0.6) is 0 Å². The second kappa shape index (κ2) is 5.63. The fourth-order valence-corrected chi connectivity index (χ4v) is 2.84. The molecule has 20 heavy (non-hydrogen) atoms. The molecular formula is C17H21N3. The van der Waals surface area contributed by atoms with Gasteiger partial charge in [0.15, 0.2) is 0 Å². The van der Waals surface area contributed by atoms with E-state index >= 15 is 0 Å². The van der Waals surface area contributed by atoms with Crippen molar-refractivity contribution in [1.29, 1.82) is 0 Å². The first kappa shape index (κ1) is 13.1. The highest BCUT2D eigenvalue weighted by atomic mass is 15.2. The quantitative estimate of drug-likeness (QED) is 0.929. The van der Waals surface area contributed by atoms with E-state index in [1.807, 2.05) is 13.1 Å². The predicted molar refractivity (Wildman–Crippen MR) is 83.4 cm³/mol. The lowest BCUT2D eigenvalue weighted by Gasteiger charge is -2.30. The van der Waals surface area contributed by atoms with Crippen LogP contribution in [0.25, 0.3) is 0 Å². The van der Waals surface area contributed by atoms with Crippen LogP contribution in [0.15, 0.2) is 42.6 Å². The lowest BCUT2D eigenvalue weighted by molar-refractivity contribution is 0.733. The highest BCUT2D eigenvalue weighted by molar-refractivity contribution is 5.65. The maximum Gasteiger partial charge on any atom is 0.132 e. The van der Waals surface area contributed by atoms with Crippen LogP contribution in [-0.2, 0) is 12.8 Å². The Bertz CT molecular complexity index is 575. The van der Waals surface area contributed by atoms with Crippen molar-refractivity contribution >= 4 is 11.5 Å². The summed E-state index contributed by atoms with van der Waals surface area (Å²) in [5.74, 6) is 1.03. The van der Waals surface area contributed by atoms with E-state index in [2.05, 4.69) is 46.3 Å². The van der Waals surface area contributed by atoms with Gasteiger partial charge in [-0.05, 0) is 49.4 Å². The molecule has 0 radical (unpaired) electrons. The molecule has 1 aliphatic rings. The minimum atomic E-state index is 0.179. The highest BCUT2D eigenvalue weighted by Crippen LogP contribution is 2.32. The molecule has 0 aliphatic carbocycles. The number of aryl methyl sites for hydroxylation is 1. The van der Waals surface area contributed by atoms with Crippen molar-refractivity contribution in [3.63, 3.8) is 0 Å². The number of rotatable bonds is 3. The van der Waals surface area contributed by atoms with Crippen molar-refractivity contribution in [3.05, 3.63) is 53.7 Å². The van der Waals surface area contributed by atoms with Gasteiger partial charge in [-0.2, -0.15) is 0 Å². The van der Waals surface area contributed by atoms with Crippen LogP contribution < -0.4 is 10.6 Å². The van der Waals surface area contributed by atoms with Crippen molar-refractivity contribution in [2.24, 2.45) is 5.73 Å². The first-order valence-corrected chi connectivity index (χ1v) is 7.30. The molecule has 0 saturated heterocycles. The topological polar surface area (TPSA) is 42.1 Å². The smallest absolute Gasteiger partial charge is 0.132 e. The molecule has 3 heteroatoms. The number of aromatic nitrogens is 1. The number of anilines is 2. The van der Waals surface area contributed by atoms with Gasteiger partial charge in [0, 0.05) is 24.5 Å². The molecule has 2 aromatic rings. The van der Waals surface area contributed by atoms with E-state index in [0.717, 1.165) is 25.2 Å². The van der Waals surface area contributed by atoms with Crippen molar-refractivity contribution in [1.82, 2.24) is 4.98 Å². The average Bonchev–Trinajstić information content (AvgIpc) is 2.47. The summed E-state index contributed by atoms with van der Waals surface area (Å²) in [6.07, 6.45) is 5.18. The van der Waals surface area contributed by atoms with Gasteiger partial charge in [-0.3, -0.25) is 0 Å². The molecule has 1 aliphatic heterocycles. The molecule has 0 amide bonds. The lowest BCUT2D eigenvalue weighted by atomic mass is 10.0. The molecule has 1 unspecified atom stereocenters. The SMILES string of the molecule is CC(N)Cc1ccc(N2CCCc3ccccc32)nc1. The van der Waals surface area contributed by atoms with Gasteiger partial charge in [0.2, 0.25) is 0 Å². The Kier molecular flexibility index (Phi) is 3.70. The fraction of sp³-hybridized carbons (Fsp3) is 0.353. The van der Waals surface area contributed by atoms with Gasteiger partial charge < -0.3 is 10.6 Å². The number of nitrogens with two attached hydrogens (primary N) is 1. The van der Waals surface area contributed by atoms with Gasteiger partial charge in [0.25, 0.3) is 0 Å². The predicted octanol–water partition coefficient (Wildman–Crippen LogP) is 3.06. The third kappa shape index (κ3) is 2.68. The van der Waals surface area contributed by atoms with Gasteiger partial charge in [-0.1, -0.05) is 24.3 Å². The van der Waals surface area contributed by atoms with Gasteiger partial charge >= 0.3 is 0 Å². The second-order valence-electron chi connectivity index (χ2n) is 5.59. The van der Waals surface area contributed by atoms with Crippen LogP contribution in [0.3, 0.4) is 0 Å². The summed E-state index contributed by atoms with van der Waals surface area (Å²) in [7, 11) is 0.